The number of likely N-dealkylation sites (tertiary alicyclic amines) is 1. The number of urea groups is 1. The zero-order valence-electron chi connectivity index (χ0n) is 15.0. The predicted octanol–water partition coefficient (Wildman–Crippen LogP) is 3.17. The minimum atomic E-state index is -1.46. The Kier molecular flexibility index (Phi) is 3.75. The molecule has 0 aromatic heterocycles. The molecule has 9 heteroatoms. The Balaban J connectivity index is 2.05. The summed E-state index contributed by atoms with van der Waals surface area (Å²) in [6.07, 6.45) is -0.710. The van der Waals surface area contributed by atoms with Crippen molar-refractivity contribution in [2.45, 2.75) is 50.2 Å². The number of benzene rings is 1. The van der Waals surface area contributed by atoms with Crippen LogP contribution in [0.15, 0.2) is 12.1 Å². The Hall–Kier alpha value is -1.99. The molecule has 0 radical (unpaired) electrons. The van der Waals surface area contributed by atoms with Gasteiger partial charge in [0.2, 0.25) is 0 Å². The van der Waals surface area contributed by atoms with Crippen molar-refractivity contribution in [2.24, 2.45) is 0 Å². The summed E-state index contributed by atoms with van der Waals surface area (Å²) >= 11 is 12.8. The Morgan fingerprint density at radius 2 is 1.96 bits per heavy atom. The molecule has 2 bridgehead atoms. The summed E-state index contributed by atoms with van der Waals surface area (Å²) in [6.45, 7) is 6.03. The topological polar surface area (TPSA) is 90.0 Å². The minimum absolute atomic E-state index is 0.182. The molecule has 3 heterocycles. The number of carbonyl (C=O) groups is 3. The number of piperazine rings is 1. The van der Waals surface area contributed by atoms with Crippen LogP contribution < -0.4 is 5.32 Å². The van der Waals surface area contributed by atoms with Crippen LogP contribution in [0.25, 0.3) is 0 Å². The van der Waals surface area contributed by atoms with E-state index in [9.17, 15) is 19.5 Å². The second kappa shape index (κ2) is 5.52. The highest BCUT2D eigenvalue weighted by Crippen LogP contribution is 2.55. The molecule has 7 nitrogen and oxygen atoms in total. The van der Waals surface area contributed by atoms with Crippen LogP contribution in [0.3, 0.4) is 0 Å². The summed E-state index contributed by atoms with van der Waals surface area (Å²) in [6, 6.07) is 1.67. The van der Waals surface area contributed by atoms with E-state index in [0.717, 1.165) is 0 Å². The lowest BCUT2D eigenvalue weighted by atomic mass is 9.73. The number of halogens is 2. The molecule has 4 amide bonds. The number of rotatable bonds is 1. The van der Waals surface area contributed by atoms with Crippen molar-refractivity contribution in [1.82, 2.24) is 15.1 Å². The van der Waals surface area contributed by atoms with E-state index in [4.69, 9.17) is 23.2 Å². The van der Waals surface area contributed by atoms with E-state index in [1.165, 1.54) is 9.80 Å². The molecular formula is C18H19Cl2N3O4. The lowest BCUT2D eigenvalue weighted by Crippen LogP contribution is -2.62. The number of nitrogens with zero attached hydrogens (tertiary/aromatic N) is 2. The highest BCUT2D eigenvalue weighted by atomic mass is 35.5. The predicted molar refractivity (Wildman–Crippen MR) is 99.1 cm³/mol. The van der Waals surface area contributed by atoms with Crippen molar-refractivity contribution in [3.63, 3.8) is 0 Å². The SMILES string of the molecule is CC(C)(C)c1c(Cl)cc(Cl)cc1C12C(=O)NC(=O)N1C1CC2N(C(=O)O)C1. The van der Waals surface area contributed by atoms with Crippen LogP contribution in [0, 0.1) is 0 Å². The zero-order valence-corrected chi connectivity index (χ0v) is 16.6. The Morgan fingerprint density at radius 1 is 1.30 bits per heavy atom. The quantitative estimate of drug-likeness (QED) is 0.694. The number of carbonyl (C=O) groups excluding carboxylic acids is 2. The molecule has 144 valence electrons. The summed E-state index contributed by atoms with van der Waals surface area (Å²) in [7, 11) is 0. The van der Waals surface area contributed by atoms with Gasteiger partial charge < -0.3 is 5.11 Å². The molecule has 2 N–H and O–H groups in total. The largest absolute Gasteiger partial charge is 0.465 e. The van der Waals surface area contributed by atoms with Crippen LogP contribution >= 0.6 is 23.2 Å². The highest BCUT2D eigenvalue weighted by molar-refractivity contribution is 6.35. The van der Waals surface area contributed by atoms with Gasteiger partial charge in [-0.05, 0) is 35.1 Å². The van der Waals surface area contributed by atoms with Gasteiger partial charge in [-0.2, -0.15) is 0 Å². The van der Waals surface area contributed by atoms with E-state index in [1.807, 2.05) is 20.8 Å². The molecule has 3 atom stereocenters. The van der Waals surface area contributed by atoms with Gasteiger partial charge in [0.05, 0.1) is 12.1 Å². The fourth-order valence-electron chi connectivity index (χ4n) is 4.96. The van der Waals surface area contributed by atoms with Crippen molar-refractivity contribution in [2.75, 3.05) is 6.54 Å². The van der Waals surface area contributed by atoms with Gasteiger partial charge in [0, 0.05) is 16.6 Å². The van der Waals surface area contributed by atoms with Crippen LogP contribution in [-0.2, 0) is 15.7 Å². The van der Waals surface area contributed by atoms with Gasteiger partial charge in [-0.3, -0.25) is 19.9 Å². The lowest BCUT2D eigenvalue weighted by molar-refractivity contribution is -0.130. The Bertz CT molecular complexity index is 897. The maximum atomic E-state index is 13.2. The first-order valence-corrected chi connectivity index (χ1v) is 9.39. The number of imide groups is 1. The summed E-state index contributed by atoms with van der Waals surface area (Å²) in [5.74, 6) is -0.533. The smallest absolute Gasteiger partial charge is 0.407 e. The fraction of sp³-hybridized carbons (Fsp3) is 0.500. The second-order valence-electron chi connectivity index (χ2n) is 8.30. The van der Waals surface area contributed by atoms with E-state index in [2.05, 4.69) is 5.32 Å². The fourth-order valence-corrected chi connectivity index (χ4v) is 5.74. The summed E-state index contributed by atoms with van der Waals surface area (Å²) in [5, 5.41) is 12.7. The molecule has 3 aliphatic rings. The number of carboxylic acid groups (broad SMARTS) is 1. The third-order valence-electron chi connectivity index (χ3n) is 5.75. The molecule has 0 spiro atoms. The highest BCUT2D eigenvalue weighted by Gasteiger charge is 2.71. The van der Waals surface area contributed by atoms with Gasteiger partial charge in [0.1, 0.15) is 0 Å². The molecule has 1 aromatic rings. The van der Waals surface area contributed by atoms with Gasteiger partial charge in [0.15, 0.2) is 5.54 Å². The van der Waals surface area contributed by atoms with E-state index >= 15 is 0 Å². The molecule has 1 aromatic carbocycles. The average molecular weight is 412 g/mol. The first-order valence-electron chi connectivity index (χ1n) is 8.64. The maximum absolute atomic E-state index is 13.2. The van der Waals surface area contributed by atoms with Gasteiger partial charge in [-0.25, -0.2) is 9.59 Å². The molecule has 3 saturated heterocycles. The van der Waals surface area contributed by atoms with Crippen molar-refractivity contribution in [3.8, 4) is 0 Å². The first-order chi connectivity index (χ1) is 12.5. The first kappa shape index (κ1) is 18.4. The summed E-state index contributed by atoms with van der Waals surface area (Å²) in [5.41, 5.74) is -0.745. The molecule has 0 saturated carbocycles. The average Bonchev–Trinajstić information content (AvgIpc) is 3.15. The minimum Gasteiger partial charge on any atom is -0.465 e. The third-order valence-corrected chi connectivity index (χ3v) is 6.27. The van der Waals surface area contributed by atoms with Gasteiger partial charge in [-0.15, -0.1) is 0 Å². The van der Waals surface area contributed by atoms with Crippen molar-refractivity contribution in [1.29, 1.82) is 0 Å². The zero-order chi connectivity index (χ0) is 19.9. The van der Waals surface area contributed by atoms with Gasteiger partial charge in [0.25, 0.3) is 5.91 Å². The Morgan fingerprint density at radius 3 is 2.56 bits per heavy atom. The van der Waals surface area contributed by atoms with E-state index < -0.39 is 35.0 Å². The summed E-state index contributed by atoms with van der Waals surface area (Å²) < 4.78 is 0. The lowest BCUT2D eigenvalue weighted by Gasteiger charge is -2.45. The van der Waals surface area contributed by atoms with Crippen LogP contribution in [-0.4, -0.2) is 51.6 Å². The van der Waals surface area contributed by atoms with Crippen LogP contribution in [0.4, 0.5) is 9.59 Å². The number of fused-ring (bicyclic) bond motifs is 5. The molecular weight excluding hydrogens is 393 g/mol. The number of hydrogen-bond acceptors (Lipinski definition) is 3. The second-order valence-corrected chi connectivity index (χ2v) is 9.14. The van der Waals surface area contributed by atoms with Crippen LogP contribution in [0.2, 0.25) is 10.0 Å². The molecule has 4 rings (SSSR count). The van der Waals surface area contributed by atoms with E-state index in [-0.39, 0.29) is 12.6 Å². The normalized spacial score (nSPS) is 29.4. The van der Waals surface area contributed by atoms with Crippen LogP contribution in [0.1, 0.15) is 38.3 Å². The summed E-state index contributed by atoms with van der Waals surface area (Å²) in [4.78, 5) is 40.3. The molecule has 3 fully saturated rings. The Labute approximate surface area is 166 Å². The van der Waals surface area contributed by atoms with Gasteiger partial charge in [-0.1, -0.05) is 44.0 Å². The molecule has 27 heavy (non-hydrogen) atoms. The van der Waals surface area contributed by atoms with E-state index in [0.29, 0.717) is 27.6 Å². The number of hydrogen-bond donors (Lipinski definition) is 2. The van der Waals surface area contributed by atoms with Crippen LogP contribution in [0.5, 0.6) is 0 Å². The van der Waals surface area contributed by atoms with Crippen molar-refractivity contribution in [3.05, 3.63) is 33.3 Å². The molecule has 3 unspecified atom stereocenters. The number of nitrogens with one attached hydrogen (secondary N) is 1. The standard InChI is InChI=1S/C18H19Cl2N3O4/c1-17(2,3)13-10(4-8(19)5-11(13)20)18-12-6-9(7-22(12)16(26)27)23(18)15(25)21-14(18)24/h4-5,9,12H,6-7H2,1-3H3,(H,26,27)(H,21,24,25). The van der Waals surface area contributed by atoms with Crippen molar-refractivity contribution < 1.29 is 19.5 Å². The monoisotopic (exact) mass is 411 g/mol. The van der Waals surface area contributed by atoms with Crippen molar-refractivity contribution >= 4 is 41.2 Å². The molecule has 0 aliphatic carbocycles. The molecule has 3 aliphatic heterocycles. The third kappa shape index (κ3) is 2.24. The maximum Gasteiger partial charge on any atom is 0.407 e. The van der Waals surface area contributed by atoms with E-state index in [1.54, 1.807) is 12.1 Å². The number of amides is 4. The van der Waals surface area contributed by atoms with Gasteiger partial charge >= 0.3 is 12.1 Å².